The van der Waals surface area contributed by atoms with Crippen molar-refractivity contribution >= 4 is 58.5 Å². The van der Waals surface area contributed by atoms with E-state index >= 15 is 0 Å². The molecule has 0 aliphatic carbocycles. The first-order valence-electron chi connectivity index (χ1n) is 10.4. The third kappa shape index (κ3) is 6.68. The first kappa shape index (κ1) is 27.3. The fourth-order valence-corrected chi connectivity index (χ4v) is 3.69. The molecule has 0 saturated heterocycles. The summed E-state index contributed by atoms with van der Waals surface area (Å²) in [6, 6.07) is 6.52. The second kappa shape index (κ2) is 12.6. The number of hydrogen-bond donors (Lipinski definition) is 2. The Morgan fingerprint density at radius 1 is 1.19 bits per heavy atom. The number of rotatable bonds is 10. The number of anilines is 1. The molecule has 2 amide bonds. The topological polar surface area (TPSA) is 110 Å². The third-order valence-corrected chi connectivity index (χ3v) is 5.31. The summed E-state index contributed by atoms with van der Waals surface area (Å²) in [5.41, 5.74) is -1.10. The number of nitrogens with one attached hydrogen (secondary N) is 2. The highest BCUT2D eigenvalue weighted by atomic mass is 35.5. The monoisotopic (exact) mass is 558 g/mol. The summed E-state index contributed by atoms with van der Waals surface area (Å²) < 4.78 is 27.7. The Morgan fingerprint density at radius 3 is 2.67 bits per heavy atom. The quantitative estimate of drug-likeness (QED) is 0.192. The lowest BCUT2D eigenvalue weighted by Crippen LogP contribution is -2.27. The van der Waals surface area contributed by atoms with Crippen molar-refractivity contribution in [1.82, 2.24) is 20.1 Å². The summed E-state index contributed by atoms with van der Waals surface area (Å²) in [6.45, 7) is 2.40. The van der Waals surface area contributed by atoms with Gasteiger partial charge in [-0.05, 0) is 37.3 Å². The molecule has 0 radical (unpaired) electrons. The van der Waals surface area contributed by atoms with E-state index in [0.29, 0.717) is 13.0 Å². The lowest BCUT2D eigenvalue weighted by molar-refractivity contribution is 0.0955. The zero-order valence-corrected chi connectivity index (χ0v) is 20.9. The number of carbonyl (C=O) groups is 2. The molecule has 14 heteroatoms. The van der Waals surface area contributed by atoms with Crippen molar-refractivity contribution in [1.29, 1.82) is 0 Å². The van der Waals surface area contributed by atoms with Crippen LogP contribution in [-0.4, -0.2) is 45.9 Å². The summed E-state index contributed by atoms with van der Waals surface area (Å²) in [7, 11) is 0. The molecule has 3 aromatic rings. The highest BCUT2D eigenvalue weighted by Crippen LogP contribution is 2.31. The Balaban J connectivity index is 1.91. The summed E-state index contributed by atoms with van der Waals surface area (Å²) in [6.07, 6.45) is 0.265. The van der Waals surface area contributed by atoms with Crippen LogP contribution in [0.1, 0.15) is 46.3 Å². The van der Waals surface area contributed by atoms with Crippen LogP contribution in [0.15, 0.2) is 41.7 Å². The van der Waals surface area contributed by atoms with E-state index in [4.69, 9.17) is 39.6 Å². The molecule has 36 heavy (non-hydrogen) atoms. The molecule has 2 aromatic heterocycles. The van der Waals surface area contributed by atoms with Gasteiger partial charge in [0.05, 0.1) is 21.3 Å². The summed E-state index contributed by atoms with van der Waals surface area (Å²) in [4.78, 5) is 34.8. The number of amides is 2. The Labute approximate surface area is 219 Å². The van der Waals surface area contributed by atoms with Crippen LogP contribution in [0.2, 0.25) is 15.1 Å². The molecular formula is C22H19Cl3F2N6O3. The number of carbonyl (C=O) groups excluding carboxylic acids is 2. The van der Waals surface area contributed by atoms with Crippen LogP contribution in [0, 0.1) is 0 Å². The molecule has 0 bridgehead atoms. The lowest BCUT2D eigenvalue weighted by Gasteiger charge is -2.14. The van der Waals surface area contributed by atoms with Crippen LogP contribution in [-0.2, 0) is 4.84 Å². The number of hydrogen-bond acceptors (Lipinski definition) is 6. The molecule has 0 aliphatic rings. The minimum Gasteiger partial charge on any atom is -0.396 e. The van der Waals surface area contributed by atoms with Gasteiger partial charge >= 0.3 is 0 Å². The van der Waals surface area contributed by atoms with Gasteiger partial charge in [0.15, 0.2) is 5.82 Å². The van der Waals surface area contributed by atoms with E-state index < -0.39 is 23.9 Å². The van der Waals surface area contributed by atoms with Gasteiger partial charge in [0.1, 0.15) is 18.0 Å². The largest absolute Gasteiger partial charge is 0.396 e. The van der Waals surface area contributed by atoms with E-state index in [1.165, 1.54) is 36.7 Å². The average Bonchev–Trinajstić information content (AvgIpc) is 3.28. The predicted octanol–water partition coefficient (Wildman–Crippen LogP) is 5.56. The molecule has 0 atom stereocenters. The highest BCUT2D eigenvalue weighted by Gasteiger charge is 2.25. The fraction of sp³-hybridized carbons (Fsp3) is 0.227. The van der Waals surface area contributed by atoms with Gasteiger partial charge in [-0.15, -0.1) is 0 Å². The number of pyridine rings is 1. The predicted molar refractivity (Wildman–Crippen MR) is 133 cm³/mol. The molecule has 0 unspecified atom stereocenters. The Morgan fingerprint density at radius 2 is 1.97 bits per heavy atom. The smallest absolute Gasteiger partial charge is 0.282 e. The molecule has 0 fully saturated rings. The second-order valence-corrected chi connectivity index (χ2v) is 8.24. The van der Waals surface area contributed by atoms with E-state index in [9.17, 15) is 18.4 Å². The number of oxime groups is 1. The number of benzene rings is 1. The maximum absolute atomic E-state index is 13.4. The highest BCUT2D eigenvalue weighted by molar-refractivity contribution is 6.38. The lowest BCUT2D eigenvalue weighted by atomic mass is 10.1. The molecule has 9 nitrogen and oxygen atoms in total. The van der Waals surface area contributed by atoms with Gasteiger partial charge < -0.3 is 15.5 Å². The van der Waals surface area contributed by atoms with Crippen LogP contribution in [0.3, 0.4) is 0 Å². The SMILES string of the molecule is CCO/N=C/CCNC(=O)c1cc(Cl)cc(Cl)c1NC(=O)c1cc(C(F)F)nn1-c1ncccc1Cl. The standard InChI is InChI=1S/C22H19Cl3F2N6O3/c1-2-36-30-8-4-7-29-21(34)13-9-12(23)10-15(25)18(13)31-22(35)17-11-16(19(26)27)32-33(17)20-14(24)5-3-6-28-20/h3,5-6,8-11,19H,2,4,7H2,1H3,(H,29,34)(H,31,35)/b30-8+. The van der Waals surface area contributed by atoms with Crippen molar-refractivity contribution in [2.24, 2.45) is 5.16 Å². The van der Waals surface area contributed by atoms with Gasteiger partial charge in [0, 0.05) is 30.4 Å². The minimum atomic E-state index is -2.97. The van der Waals surface area contributed by atoms with E-state index in [1.54, 1.807) is 6.92 Å². The van der Waals surface area contributed by atoms with E-state index in [1.807, 2.05) is 0 Å². The fourth-order valence-electron chi connectivity index (χ4n) is 2.95. The molecular weight excluding hydrogens is 541 g/mol. The van der Waals surface area contributed by atoms with Crippen LogP contribution in [0.5, 0.6) is 0 Å². The van der Waals surface area contributed by atoms with Crippen molar-refractivity contribution in [3.05, 3.63) is 68.5 Å². The maximum atomic E-state index is 13.4. The third-order valence-electron chi connectivity index (χ3n) is 4.50. The minimum absolute atomic E-state index is 0.0369. The van der Waals surface area contributed by atoms with Crippen molar-refractivity contribution in [2.45, 2.75) is 19.8 Å². The van der Waals surface area contributed by atoms with Crippen molar-refractivity contribution < 1.29 is 23.2 Å². The molecule has 1 aromatic carbocycles. The molecule has 0 spiro atoms. The Bertz CT molecular complexity index is 1290. The second-order valence-electron chi connectivity index (χ2n) is 6.99. The summed E-state index contributed by atoms with van der Waals surface area (Å²) in [5, 5.41) is 12.8. The number of aromatic nitrogens is 3. The summed E-state index contributed by atoms with van der Waals surface area (Å²) in [5.74, 6) is -1.52. The van der Waals surface area contributed by atoms with Gasteiger partial charge in [0.25, 0.3) is 18.2 Å². The molecule has 0 aliphatic heterocycles. The van der Waals surface area contributed by atoms with Gasteiger partial charge in [-0.2, -0.15) is 5.10 Å². The first-order chi connectivity index (χ1) is 17.2. The zero-order chi connectivity index (χ0) is 26.2. The van der Waals surface area contributed by atoms with Crippen LogP contribution < -0.4 is 10.6 Å². The van der Waals surface area contributed by atoms with Gasteiger partial charge in [-0.3, -0.25) is 9.59 Å². The van der Waals surface area contributed by atoms with Crippen molar-refractivity contribution in [3.63, 3.8) is 0 Å². The normalized spacial score (nSPS) is 11.2. The molecule has 190 valence electrons. The van der Waals surface area contributed by atoms with Crippen molar-refractivity contribution in [3.8, 4) is 5.82 Å². The van der Waals surface area contributed by atoms with Crippen LogP contribution in [0.4, 0.5) is 14.5 Å². The number of alkyl halides is 2. The average molecular weight is 560 g/mol. The van der Waals surface area contributed by atoms with Crippen LogP contribution >= 0.6 is 34.8 Å². The maximum Gasteiger partial charge on any atom is 0.282 e. The molecule has 3 rings (SSSR count). The van der Waals surface area contributed by atoms with Gasteiger partial charge in [0.2, 0.25) is 0 Å². The molecule has 2 heterocycles. The first-order valence-corrected chi connectivity index (χ1v) is 11.6. The van der Waals surface area contributed by atoms with E-state index in [0.717, 1.165) is 10.7 Å². The number of nitrogens with zero attached hydrogens (tertiary/aromatic N) is 4. The Kier molecular flexibility index (Phi) is 9.57. The van der Waals surface area contributed by atoms with E-state index in [2.05, 4.69) is 25.9 Å². The molecule has 0 saturated carbocycles. The van der Waals surface area contributed by atoms with E-state index in [-0.39, 0.29) is 44.4 Å². The summed E-state index contributed by atoms with van der Waals surface area (Å²) >= 11 is 18.5. The molecule has 2 N–H and O–H groups in total. The van der Waals surface area contributed by atoms with Gasteiger partial charge in [-0.1, -0.05) is 40.0 Å². The Hall–Kier alpha value is -3.28. The number of halogens is 5. The van der Waals surface area contributed by atoms with Crippen LogP contribution in [0.25, 0.3) is 5.82 Å². The van der Waals surface area contributed by atoms with Gasteiger partial charge in [-0.25, -0.2) is 18.4 Å². The zero-order valence-electron chi connectivity index (χ0n) is 18.6. The van der Waals surface area contributed by atoms with Crippen molar-refractivity contribution in [2.75, 3.05) is 18.5 Å².